The Labute approximate surface area is 194 Å². The molecule has 1 N–H and O–H groups in total. The summed E-state index contributed by atoms with van der Waals surface area (Å²) in [6, 6.07) is 16.9. The summed E-state index contributed by atoms with van der Waals surface area (Å²) in [5.74, 6) is 0.435. The van der Waals surface area contributed by atoms with Gasteiger partial charge in [-0.3, -0.25) is 13.9 Å². The molecular weight excluding hydrogens is 470 g/mol. The summed E-state index contributed by atoms with van der Waals surface area (Å²) in [6.07, 6.45) is 0. The first-order chi connectivity index (χ1) is 15.2. The predicted octanol–water partition coefficient (Wildman–Crippen LogP) is 4.49. The van der Waals surface area contributed by atoms with Crippen molar-refractivity contribution in [3.05, 3.63) is 76.2 Å². The molecule has 0 atom stereocenters. The van der Waals surface area contributed by atoms with E-state index in [0.717, 1.165) is 4.90 Å². The second-order valence-corrected chi connectivity index (χ2v) is 10.3. The number of hydrogen-bond acceptors (Lipinski definition) is 5. The summed E-state index contributed by atoms with van der Waals surface area (Å²) in [7, 11) is 0.897. The van der Waals surface area contributed by atoms with Crippen LogP contribution < -0.4 is 15.1 Å². The smallest absolute Gasteiger partial charge is 0.328 e. The molecule has 0 fully saturated rings. The number of hydrogen-bond donors (Lipinski definition) is 1. The van der Waals surface area contributed by atoms with Gasteiger partial charge in [-0.15, -0.1) is 0 Å². The Morgan fingerprint density at radius 3 is 2.28 bits per heavy atom. The SMILES string of the molecule is COc1cccc(S(=O)(=O)Nc2cc3c(cc2Sc2ccc(Cl)cc2)n(C)c(=O)n3C)c1. The van der Waals surface area contributed by atoms with E-state index < -0.39 is 10.0 Å². The lowest BCUT2D eigenvalue weighted by atomic mass is 10.3. The highest BCUT2D eigenvalue weighted by Crippen LogP contribution is 2.37. The topological polar surface area (TPSA) is 82.3 Å². The van der Waals surface area contributed by atoms with Crippen LogP contribution in [0.5, 0.6) is 5.75 Å². The highest BCUT2D eigenvalue weighted by atomic mass is 35.5. The zero-order valence-electron chi connectivity index (χ0n) is 17.5. The number of anilines is 1. The maximum Gasteiger partial charge on any atom is 0.328 e. The number of ether oxygens (including phenoxy) is 1. The molecule has 0 spiro atoms. The Morgan fingerprint density at radius 1 is 0.969 bits per heavy atom. The third kappa shape index (κ3) is 4.23. The Morgan fingerprint density at radius 2 is 1.62 bits per heavy atom. The van der Waals surface area contributed by atoms with Crippen LogP contribution in [0, 0.1) is 0 Å². The lowest BCUT2D eigenvalue weighted by molar-refractivity contribution is 0.413. The van der Waals surface area contributed by atoms with E-state index in [2.05, 4.69) is 4.72 Å². The van der Waals surface area contributed by atoms with Crippen molar-refractivity contribution in [1.82, 2.24) is 9.13 Å². The van der Waals surface area contributed by atoms with Crippen molar-refractivity contribution in [2.45, 2.75) is 14.7 Å². The van der Waals surface area contributed by atoms with Gasteiger partial charge in [0, 0.05) is 35.0 Å². The molecule has 7 nitrogen and oxygen atoms in total. The maximum atomic E-state index is 13.1. The van der Waals surface area contributed by atoms with Gasteiger partial charge in [0.2, 0.25) is 0 Å². The molecular formula is C22H20ClN3O4S2. The molecule has 1 heterocycles. The highest BCUT2D eigenvalue weighted by molar-refractivity contribution is 7.99. The zero-order valence-corrected chi connectivity index (χ0v) is 19.9. The average Bonchev–Trinajstić information content (AvgIpc) is 2.99. The van der Waals surface area contributed by atoms with Gasteiger partial charge in [-0.25, -0.2) is 13.2 Å². The normalized spacial score (nSPS) is 11.6. The number of fused-ring (bicyclic) bond motifs is 1. The molecule has 4 rings (SSSR count). The van der Waals surface area contributed by atoms with E-state index in [1.165, 1.54) is 40.1 Å². The molecule has 0 aliphatic carbocycles. The van der Waals surface area contributed by atoms with Crippen molar-refractivity contribution >= 4 is 50.1 Å². The molecule has 32 heavy (non-hydrogen) atoms. The minimum atomic E-state index is -3.91. The summed E-state index contributed by atoms with van der Waals surface area (Å²) >= 11 is 7.36. The molecule has 0 saturated heterocycles. The van der Waals surface area contributed by atoms with Crippen LogP contribution in [-0.4, -0.2) is 24.7 Å². The van der Waals surface area contributed by atoms with E-state index in [-0.39, 0.29) is 10.6 Å². The van der Waals surface area contributed by atoms with Gasteiger partial charge in [0.15, 0.2) is 0 Å². The summed E-state index contributed by atoms with van der Waals surface area (Å²) in [5.41, 5.74) is 1.47. The molecule has 0 bridgehead atoms. The highest BCUT2D eigenvalue weighted by Gasteiger charge is 2.20. The third-order valence-corrected chi connectivity index (χ3v) is 7.69. The Hall–Kier alpha value is -2.88. The van der Waals surface area contributed by atoms with Gasteiger partial charge in [0.05, 0.1) is 28.7 Å². The average molecular weight is 490 g/mol. The van der Waals surface area contributed by atoms with Crippen molar-refractivity contribution in [3.8, 4) is 5.75 Å². The van der Waals surface area contributed by atoms with Crippen molar-refractivity contribution in [2.75, 3.05) is 11.8 Å². The van der Waals surface area contributed by atoms with Crippen molar-refractivity contribution in [2.24, 2.45) is 14.1 Å². The first-order valence-electron chi connectivity index (χ1n) is 9.49. The minimum absolute atomic E-state index is 0.0707. The second kappa shape index (κ2) is 8.57. The van der Waals surface area contributed by atoms with Gasteiger partial charge < -0.3 is 4.74 Å². The monoisotopic (exact) mass is 489 g/mol. The molecule has 1 aromatic heterocycles. The first-order valence-corrected chi connectivity index (χ1v) is 12.2. The quantitative estimate of drug-likeness (QED) is 0.431. The van der Waals surface area contributed by atoms with Crippen LogP contribution in [0.2, 0.25) is 5.02 Å². The predicted molar refractivity (Wildman–Crippen MR) is 128 cm³/mol. The Bertz CT molecular complexity index is 1480. The van der Waals surface area contributed by atoms with Gasteiger partial charge in [0.1, 0.15) is 5.75 Å². The fraction of sp³-hybridized carbons (Fsp3) is 0.136. The molecule has 0 saturated carbocycles. The van der Waals surface area contributed by atoms with Gasteiger partial charge in [-0.2, -0.15) is 0 Å². The summed E-state index contributed by atoms with van der Waals surface area (Å²) in [4.78, 5) is 14.0. The number of aryl methyl sites for hydroxylation is 2. The van der Waals surface area contributed by atoms with Gasteiger partial charge in [-0.05, 0) is 48.5 Å². The summed E-state index contributed by atoms with van der Waals surface area (Å²) in [6.45, 7) is 0. The molecule has 0 amide bonds. The van der Waals surface area contributed by atoms with E-state index in [0.29, 0.717) is 32.4 Å². The number of methoxy groups -OCH3 is 1. The molecule has 10 heteroatoms. The Kier molecular flexibility index (Phi) is 5.98. The number of benzene rings is 3. The van der Waals surface area contributed by atoms with Crippen LogP contribution >= 0.6 is 23.4 Å². The molecule has 4 aromatic rings. The molecule has 0 unspecified atom stereocenters. The lowest BCUT2D eigenvalue weighted by Crippen LogP contribution is -2.19. The van der Waals surface area contributed by atoms with E-state index in [1.807, 2.05) is 12.1 Å². The van der Waals surface area contributed by atoms with Crippen molar-refractivity contribution < 1.29 is 13.2 Å². The third-order valence-electron chi connectivity index (χ3n) is 5.01. The van der Waals surface area contributed by atoms with E-state index >= 15 is 0 Å². The van der Waals surface area contributed by atoms with E-state index in [9.17, 15) is 13.2 Å². The number of halogens is 1. The molecule has 166 valence electrons. The summed E-state index contributed by atoms with van der Waals surface area (Å²) < 4.78 is 37.1. The van der Waals surface area contributed by atoms with Crippen molar-refractivity contribution in [3.63, 3.8) is 0 Å². The van der Waals surface area contributed by atoms with Crippen LogP contribution in [-0.2, 0) is 24.1 Å². The van der Waals surface area contributed by atoms with Crippen LogP contribution in [0.4, 0.5) is 5.69 Å². The number of rotatable bonds is 6. The van der Waals surface area contributed by atoms with Gasteiger partial charge >= 0.3 is 5.69 Å². The maximum absolute atomic E-state index is 13.1. The van der Waals surface area contributed by atoms with Gasteiger partial charge in [0.25, 0.3) is 10.0 Å². The number of nitrogens with zero attached hydrogens (tertiary/aromatic N) is 2. The fourth-order valence-corrected chi connectivity index (χ4v) is 5.50. The fourth-order valence-electron chi connectivity index (χ4n) is 3.29. The molecule has 3 aromatic carbocycles. The first kappa shape index (κ1) is 22.3. The number of sulfonamides is 1. The van der Waals surface area contributed by atoms with Crippen LogP contribution in [0.3, 0.4) is 0 Å². The van der Waals surface area contributed by atoms with Crippen molar-refractivity contribution in [1.29, 1.82) is 0 Å². The standard InChI is InChI=1S/C22H20ClN3O4S2/c1-25-19-12-18(24-32(28,29)17-6-4-5-15(11-17)30-3)21(13-20(19)26(2)22(25)27)31-16-9-7-14(23)8-10-16/h4-13,24H,1-3H3. The number of imidazole rings is 1. The minimum Gasteiger partial charge on any atom is -0.497 e. The van der Waals surface area contributed by atoms with Crippen LogP contribution in [0.25, 0.3) is 11.0 Å². The second-order valence-electron chi connectivity index (χ2n) is 7.08. The molecule has 0 aliphatic rings. The number of nitrogens with one attached hydrogen (secondary N) is 1. The summed E-state index contributed by atoms with van der Waals surface area (Å²) in [5, 5.41) is 0.606. The lowest BCUT2D eigenvalue weighted by Gasteiger charge is -2.14. The zero-order chi connectivity index (χ0) is 23.0. The molecule has 0 radical (unpaired) electrons. The van der Waals surface area contributed by atoms with Crippen LogP contribution in [0.1, 0.15) is 0 Å². The van der Waals surface area contributed by atoms with E-state index in [1.54, 1.807) is 50.5 Å². The van der Waals surface area contributed by atoms with E-state index in [4.69, 9.17) is 16.3 Å². The molecule has 0 aliphatic heterocycles. The largest absolute Gasteiger partial charge is 0.497 e. The van der Waals surface area contributed by atoms with Gasteiger partial charge in [-0.1, -0.05) is 29.4 Å². The number of aromatic nitrogens is 2. The van der Waals surface area contributed by atoms with Crippen LogP contribution in [0.15, 0.2) is 80.1 Å². The Balaban J connectivity index is 1.84.